The summed E-state index contributed by atoms with van der Waals surface area (Å²) in [6, 6.07) is 5.07. The Hall–Kier alpha value is -4.42. The Balaban J connectivity index is 1.50. The maximum Gasteiger partial charge on any atom is 0.418 e. The van der Waals surface area contributed by atoms with Crippen LogP contribution in [0.3, 0.4) is 0 Å². The van der Waals surface area contributed by atoms with Gasteiger partial charge in [0.25, 0.3) is 0 Å². The van der Waals surface area contributed by atoms with Crippen molar-refractivity contribution in [3.8, 4) is 17.4 Å². The second kappa shape index (κ2) is 9.44. The van der Waals surface area contributed by atoms with Gasteiger partial charge in [-0.3, -0.25) is 0 Å². The molecule has 0 saturated carbocycles. The molecular weight excluding hydrogens is 477 g/mol. The van der Waals surface area contributed by atoms with Gasteiger partial charge in [-0.05, 0) is 17.7 Å². The van der Waals surface area contributed by atoms with Crippen molar-refractivity contribution >= 4 is 22.8 Å². The smallest absolute Gasteiger partial charge is 0.418 e. The highest BCUT2D eigenvalue weighted by molar-refractivity contribution is 5.89. The van der Waals surface area contributed by atoms with Crippen molar-refractivity contribution in [1.29, 1.82) is 0 Å². The number of halogens is 5. The number of alkyl halides is 3. The standard InChI is InChI=1S/C22H16F5N5O3/c1-34-17-6-11(2-4-28-17)9-31-21(33)32-12-7-14(23)19(15(24)8-12)35-16-3-5-29-20-18(16)13(10-30-20)22(25,26)27/h2-8,10H,9H2,1H3,(H,29,30)(H2,31,32,33). The number of benzene rings is 1. The van der Waals surface area contributed by atoms with Crippen molar-refractivity contribution in [2.45, 2.75) is 12.7 Å². The Morgan fingerprint density at radius 3 is 2.49 bits per heavy atom. The molecule has 0 bridgehead atoms. The van der Waals surface area contributed by atoms with Crippen molar-refractivity contribution in [2.75, 3.05) is 12.4 Å². The number of aromatic amines is 1. The first-order chi connectivity index (χ1) is 16.7. The zero-order chi connectivity index (χ0) is 25.2. The lowest BCUT2D eigenvalue weighted by molar-refractivity contribution is -0.136. The SMILES string of the molecule is COc1cc(CNC(=O)Nc2cc(F)c(Oc3ccnc4[nH]cc(C(F)(F)F)c34)c(F)c2)ccn1. The predicted octanol–water partition coefficient (Wildman–Crippen LogP) is 5.38. The van der Waals surface area contributed by atoms with Gasteiger partial charge in [0.2, 0.25) is 5.88 Å². The van der Waals surface area contributed by atoms with Crippen LogP contribution in [0.5, 0.6) is 17.4 Å². The quantitative estimate of drug-likeness (QED) is 0.313. The van der Waals surface area contributed by atoms with Gasteiger partial charge in [-0.25, -0.2) is 23.5 Å². The van der Waals surface area contributed by atoms with Gasteiger partial charge in [-0.1, -0.05) is 0 Å². The van der Waals surface area contributed by atoms with Crippen LogP contribution in [0.2, 0.25) is 0 Å². The van der Waals surface area contributed by atoms with Crippen molar-refractivity contribution in [2.24, 2.45) is 0 Å². The fourth-order valence-electron chi connectivity index (χ4n) is 3.20. The van der Waals surface area contributed by atoms with E-state index in [1.165, 1.54) is 13.3 Å². The van der Waals surface area contributed by atoms with Gasteiger partial charge in [-0.2, -0.15) is 13.2 Å². The lowest BCUT2D eigenvalue weighted by Gasteiger charge is -2.13. The monoisotopic (exact) mass is 493 g/mol. The van der Waals surface area contributed by atoms with E-state index < -0.39 is 46.3 Å². The molecule has 0 atom stereocenters. The number of anilines is 1. The van der Waals surface area contributed by atoms with Gasteiger partial charge < -0.3 is 25.1 Å². The Kier molecular flexibility index (Phi) is 6.40. The molecule has 4 aromatic rings. The molecule has 182 valence electrons. The molecule has 8 nitrogen and oxygen atoms in total. The van der Waals surface area contributed by atoms with Gasteiger partial charge >= 0.3 is 12.2 Å². The van der Waals surface area contributed by atoms with Gasteiger partial charge in [-0.15, -0.1) is 0 Å². The van der Waals surface area contributed by atoms with E-state index in [1.807, 2.05) is 0 Å². The minimum atomic E-state index is -4.75. The topological polar surface area (TPSA) is 101 Å². The summed E-state index contributed by atoms with van der Waals surface area (Å²) < 4.78 is 79.4. The number of H-pyrrole nitrogens is 1. The molecule has 4 rings (SSSR count). The van der Waals surface area contributed by atoms with Gasteiger partial charge in [0.15, 0.2) is 17.4 Å². The average molecular weight is 493 g/mol. The molecule has 1 aromatic carbocycles. The summed E-state index contributed by atoms with van der Waals surface area (Å²) in [5.74, 6) is -3.53. The van der Waals surface area contributed by atoms with Crippen LogP contribution in [0.15, 0.2) is 48.9 Å². The Bertz CT molecular complexity index is 1370. The summed E-state index contributed by atoms with van der Waals surface area (Å²) in [5, 5.41) is 4.30. The zero-order valence-electron chi connectivity index (χ0n) is 17.8. The molecule has 0 unspecified atom stereocenters. The Labute approximate surface area is 194 Å². The van der Waals surface area contributed by atoms with Crippen LogP contribution in [-0.2, 0) is 12.7 Å². The number of hydrogen-bond donors (Lipinski definition) is 3. The number of nitrogens with one attached hydrogen (secondary N) is 3. The number of amides is 2. The molecule has 0 saturated heterocycles. The number of urea groups is 1. The fraction of sp³-hybridized carbons (Fsp3) is 0.136. The number of fused-ring (bicyclic) bond motifs is 1. The third-order valence-electron chi connectivity index (χ3n) is 4.77. The van der Waals surface area contributed by atoms with Gasteiger partial charge in [0, 0.05) is 49.0 Å². The summed E-state index contributed by atoms with van der Waals surface area (Å²) in [6.45, 7) is 0.0765. The zero-order valence-corrected chi connectivity index (χ0v) is 17.8. The number of hydrogen-bond acceptors (Lipinski definition) is 5. The van der Waals surface area contributed by atoms with E-state index in [-0.39, 0.29) is 17.9 Å². The maximum absolute atomic E-state index is 14.6. The van der Waals surface area contributed by atoms with Gasteiger partial charge in [0.1, 0.15) is 11.4 Å². The summed E-state index contributed by atoms with van der Waals surface area (Å²) in [4.78, 5) is 22.2. The largest absolute Gasteiger partial charge is 0.481 e. The second-order valence-corrected chi connectivity index (χ2v) is 7.12. The molecule has 3 N–H and O–H groups in total. The fourth-order valence-corrected chi connectivity index (χ4v) is 3.20. The molecule has 0 spiro atoms. The van der Waals surface area contributed by atoms with Crippen molar-refractivity contribution in [3.63, 3.8) is 0 Å². The molecule has 2 amide bonds. The minimum Gasteiger partial charge on any atom is -0.481 e. The van der Waals surface area contributed by atoms with E-state index in [1.54, 1.807) is 12.1 Å². The number of pyridine rings is 2. The van der Waals surface area contributed by atoms with Crippen LogP contribution >= 0.6 is 0 Å². The third kappa shape index (κ3) is 5.23. The molecule has 0 fully saturated rings. The van der Waals surface area contributed by atoms with Crippen LogP contribution in [0, 0.1) is 11.6 Å². The number of nitrogens with zero attached hydrogens (tertiary/aromatic N) is 2. The summed E-state index contributed by atoms with van der Waals surface area (Å²) in [7, 11) is 1.44. The number of rotatable bonds is 6. The van der Waals surface area contributed by atoms with Crippen LogP contribution in [0.1, 0.15) is 11.1 Å². The normalized spacial score (nSPS) is 11.4. The first-order valence-electron chi connectivity index (χ1n) is 9.89. The summed E-state index contributed by atoms with van der Waals surface area (Å²) >= 11 is 0. The van der Waals surface area contributed by atoms with E-state index in [0.717, 1.165) is 24.4 Å². The van der Waals surface area contributed by atoms with E-state index in [2.05, 4.69) is 25.6 Å². The molecule has 13 heteroatoms. The number of methoxy groups -OCH3 is 1. The van der Waals surface area contributed by atoms with E-state index in [0.29, 0.717) is 17.6 Å². The second-order valence-electron chi connectivity index (χ2n) is 7.12. The molecule has 3 heterocycles. The van der Waals surface area contributed by atoms with Crippen LogP contribution in [0.4, 0.5) is 32.4 Å². The third-order valence-corrected chi connectivity index (χ3v) is 4.77. The molecule has 0 aliphatic rings. The molecule has 3 aromatic heterocycles. The lowest BCUT2D eigenvalue weighted by atomic mass is 10.2. The number of carbonyl (C=O) groups excluding carboxylic acids is 1. The van der Waals surface area contributed by atoms with Crippen LogP contribution in [-0.4, -0.2) is 28.1 Å². The molecular formula is C22H16F5N5O3. The average Bonchev–Trinajstić information content (AvgIpc) is 3.26. The highest BCUT2D eigenvalue weighted by Crippen LogP contribution is 2.40. The van der Waals surface area contributed by atoms with E-state index >= 15 is 0 Å². The Morgan fingerprint density at radius 1 is 1.09 bits per heavy atom. The molecule has 0 aliphatic carbocycles. The number of ether oxygens (including phenoxy) is 2. The first-order valence-corrected chi connectivity index (χ1v) is 9.89. The van der Waals surface area contributed by atoms with Crippen molar-refractivity contribution in [3.05, 3.63) is 71.7 Å². The van der Waals surface area contributed by atoms with Crippen LogP contribution in [0.25, 0.3) is 11.0 Å². The number of carbonyl (C=O) groups is 1. The highest BCUT2D eigenvalue weighted by atomic mass is 19.4. The minimum absolute atomic E-state index is 0.0765. The van der Waals surface area contributed by atoms with E-state index in [4.69, 9.17) is 9.47 Å². The van der Waals surface area contributed by atoms with Crippen molar-refractivity contribution in [1.82, 2.24) is 20.3 Å². The Morgan fingerprint density at radius 2 is 1.80 bits per heavy atom. The summed E-state index contributed by atoms with van der Waals surface area (Å²) in [5.41, 5.74) is -0.843. The number of aromatic nitrogens is 3. The predicted molar refractivity (Wildman–Crippen MR) is 114 cm³/mol. The van der Waals surface area contributed by atoms with Gasteiger partial charge in [0.05, 0.1) is 18.1 Å². The molecule has 0 aliphatic heterocycles. The summed E-state index contributed by atoms with van der Waals surface area (Å²) in [6.07, 6.45) is -1.45. The maximum atomic E-state index is 14.6. The molecule has 35 heavy (non-hydrogen) atoms. The highest BCUT2D eigenvalue weighted by Gasteiger charge is 2.35. The first kappa shape index (κ1) is 23.7. The van der Waals surface area contributed by atoms with E-state index in [9.17, 15) is 26.7 Å². The van der Waals surface area contributed by atoms with Crippen LogP contribution < -0.4 is 20.1 Å². The molecule has 0 radical (unpaired) electrons. The van der Waals surface area contributed by atoms with Crippen molar-refractivity contribution < 1.29 is 36.2 Å². The lowest BCUT2D eigenvalue weighted by Crippen LogP contribution is -2.28.